The third kappa shape index (κ3) is 3.54. The van der Waals surface area contributed by atoms with Crippen molar-refractivity contribution in [3.8, 4) is 22.9 Å². The van der Waals surface area contributed by atoms with E-state index in [0.29, 0.717) is 17.1 Å². The molecule has 0 aliphatic carbocycles. The van der Waals surface area contributed by atoms with Crippen LogP contribution in [0.5, 0.6) is 17.2 Å². The number of aromatic nitrogens is 1. The number of ketones is 1. The number of hydrogen-bond acceptors (Lipinski definition) is 6. The van der Waals surface area contributed by atoms with E-state index in [9.17, 15) is 14.7 Å². The average Bonchev–Trinajstić information content (AvgIpc) is 3.29. The summed E-state index contributed by atoms with van der Waals surface area (Å²) in [5.41, 5.74) is 3.21. The lowest BCUT2D eigenvalue weighted by Crippen LogP contribution is -2.15. The number of aromatic hydroxyl groups is 1. The summed E-state index contributed by atoms with van der Waals surface area (Å²) in [6.45, 7) is 3.56. The maximum Gasteiger partial charge on any atom is 0.338 e. The number of esters is 1. The van der Waals surface area contributed by atoms with Gasteiger partial charge in [0.25, 0.3) is 0 Å². The van der Waals surface area contributed by atoms with Crippen molar-refractivity contribution in [3.63, 3.8) is 0 Å². The van der Waals surface area contributed by atoms with Crippen LogP contribution in [0.4, 0.5) is 0 Å². The van der Waals surface area contributed by atoms with E-state index in [2.05, 4.69) is 0 Å². The van der Waals surface area contributed by atoms with Crippen LogP contribution < -0.4 is 9.47 Å². The van der Waals surface area contributed by atoms with E-state index in [-0.39, 0.29) is 30.5 Å². The highest BCUT2D eigenvalue weighted by molar-refractivity contribution is 6.00. The zero-order valence-corrected chi connectivity index (χ0v) is 16.0. The standard InChI is InChI=1S/C22H19NO6/c1-13-9-18(19(25)11-27-22(26)15-3-6-17(24)7-4-15)14(2)23(13)16-5-8-20-21(10-16)29-12-28-20/h3-10,24H,11-12H2,1-2H3. The molecule has 0 atom stereocenters. The van der Waals surface area contributed by atoms with Gasteiger partial charge < -0.3 is 23.9 Å². The normalized spacial score (nSPS) is 12.1. The number of carbonyl (C=O) groups excluding carboxylic acids is 2. The van der Waals surface area contributed by atoms with Crippen LogP contribution in [0, 0.1) is 13.8 Å². The number of ether oxygens (including phenoxy) is 3. The van der Waals surface area contributed by atoms with Gasteiger partial charge in [0.15, 0.2) is 18.1 Å². The summed E-state index contributed by atoms with van der Waals surface area (Å²) in [5.74, 6) is 0.480. The number of hydrogen-bond donors (Lipinski definition) is 1. The zero-order valence-electron chi connectivity index (χ0n) is 16.0. The molecule has 0 spiro atoms. The quantitative estimate of drug-likeness (QED) is 0.527. The largest absolute Gasteiger partial charge is 0.508 e. The Hall–Kier alpha value is -3.74. The Morgan fingerprint density at radius 2 is 1.76 bits per heavy atom. The minimum atomic E-state index is -0.622. The summed E-state index contributed by atoms with van der Waals surface area (Å²) in [4.78, 5) is 24.8. The third-order valence-electron chi connectivity index (χ3n) is 4.78. The molecule has 1 aliphatic rings. The van der Waals surface area contributed by atoms with Crippen LogP contribution in [0.3, 0.4) is 0 Å². The number of Topliss-reactive ketones (excluding diaryl/α,β-unsaturated/α-hetero) is 1. The molecule has 0 saturated carbocycles. The topological polar surface area (TPSA) is 87.0 Å². The van der Waals surface area contributed by atoms with E-state index < -0.39 is 5.97 Å². The summed E-state index contributed by atoms with van der Waals surface area (Å²) in [6.07, 6.45) is 0. The first-order valence-corrected chi connectivity index (χ1v) is 9.02. The molecule has 0 amide bonds. The summed E-state index contributed by atoms with van der Waals surface area (Å²) < 4.78 is 17.9. The van der Waals surface area contributed by atoms with Gasteiger partial charge in [-0.2, -0.15) is 0 Å². The van der Waals surface area contributed by atoms with Crippen LogP contribution in [0.2, 0.25) is 0 Å². The number of nitrogens with zero attached hydrogens (tertiary/aromatic N) is 1. The molecule has 1 aliphatic heterocycles. The van der Waals surface area contributed by atoms with E-state index in [1.54, 1.807) is 6.07 Å². The fourth-order valence-corrected chi connectivity index (χ4v) is 3.36. The van der Waals surface area contributed by atoms with Crippen molar-refractivity contribution >= 4 is 11.8 Å². The molecule has 2 aromatic carbocycles. The molecule has 7 nitrogen and oxygen atoms in total. The van der Waals surface area contributed by atoms with Gasteiger partial charge in [-0.1, -0.05) is 0 Å². The van der Waals surface area contributed by atoms with Crippen LogP contribution in [0.25, 0.3) is 5.69 Å². The summed E-state index contributed by atoms with van der Waals surface area (Å²) >= 11 is 0. The SMILES string of the molecule is Cc1cc(C(=O)COC(=O)c2ccc(O)cc2)c(C)n1-c1ccc2c(c1)OCO2. The number of phenolic OH excluding ortho intramolecular Hbond substituents is 1. The molecule has 148 valence electrons. The van der Waals surface area contributed by atoms with E-state index in [1.807, 2.05) is 36.6 Å². The van der Waals surface area contributed by atoms with E-state index in [0.717, 1.165) is 17.1 Å². The van der Waals surface area contributed by atoms with Gasteiger partial charge in [-0.25, -0.2) is 4.79 Å². The van der Waals surface area contributed by atoms with Gasteiger partial charge >= 0.3 is 5.97 Å². The minimum absolute atomic E-state index is 0.0496. The summed E-state index contributed by atoms with van der Waals surface area (Å²) in [7, 11) is 0. The first-order chi connectivity index (χ1) is 13.9. The van der Waals surface area contributed by atoms with Crippen molar-refractivity contribution in [1.29, 1.82) is 0 Å². The predicted octanol–water partition coefficient (Wildman–Crippen LogP) is 3.57. The fourth-order valence-electron chi connectivity index (χ4n) is 3.36. The van der Waals surface area contributed by atoms with Gasteiger partial charge in [0.05, 0.1) is 5.56 Å². The van der Waals surface area contributed by atoms with Crippen molar-refractivity contribution in [2.45, 2.75) is 13.8 Å². The van der Waals surface area contributed by atoms with Gasteiger partial charge in [0.1, 0.15) is 5.75 Å². The molecule has 1 aromatic heterocycles. The molecule has 3 aromatic rings. The second-order valence-electron chi connectivity index (χ2n) is 6.70. The Bertz CT molecular complexity index is 1100. The highest BCUT2D eigenvalue weighted by Gasteiger charge is 2.20. The Morgan fingerprint density at radius 3 is 2.52 bits per heavy atom. The molecule has 2 heterocycles. The number of rotatable bonds is 5. The third-order valence-corrected chi connectivity index (χ3v) is 4.78. The first kappa shape index (κ1) is 18.6. The maximum atomic E-state index is 12.7. The Kier molecular flexibility index (Phi) is 4.72. The molecule has 0 unspecified atom stereocenters. The molecule has 0 bridgehead atoms. The van der Waals surface area contributed by atoms with Crippen molar-refractivity contribution in [3.05, 3.63) is 71.0 Å². The van der Waals surface area contributed by atoms with Gasteiger partial charge in [-0.05, 0) is 56.3 Å². The lowest BCUT2D eigenvalue weighted by molar-refractivity contribution is 0.0474. The van der Waals surface area contributed by atoms with Crippen LogP contribution in [0.1, 0.15) is 32.1 Å². The predicted molar refractivity (Wildman–Crippen MR) is 104 cm³/mol. The second-order valence-corrected chi connectivity index (χ2v) is 6.70. The van der Waals surface area contributed by atoms with E-state index in [1.165, 1.54) is 24.3 Å². The number of phenols is 1. The lowest BCUT2D eigenvalue weighted by atomic mass is 10.1. The van der Waals surface area contributed by atoms with Gasteiger partial charge in [-0.3, -0.25) is 4.79 Å². The van der Waals surface area contributed by atoms with E-state index in [4.69, 9.17) is 14.2 Å². The fraction of sp³-hybridized carbons (Fsp3) is 0.182. The molecule has 1 N–H and O–H groups in total. The zero-order chi connectivity index (χ0) is 20.5. The molecule has 7 heteroatoms. The molecule has 0 fully saturated rings. The second kappa shape index (κ2) is 7.35. The summed E-state index contributed by atoms with van der Waals surface area (Å²) in [5, 5.41) is 9.29. The smallest absolute Gasteiger partial charge is 0.338 e. The lowest BCUT2D eigenvalue weighted by Gasteiger charge is -2.11. The Labute approximate surface area is 167 Å². The average molecular weight is 393 g/mol. The van der Waals surface area contributed by atoms with Crippen molar-refractivity contribution in [2.24, 2.45) is 0 Å². The van der Waals surface area contributed by atoms with Crippen LogP contribution in [-0.4, -0.2) is 34.8 Å². The van der Waals surface area contributed by atoms with Crippen molar-refractivity contribution in [2.75, 3.05) is 13.4 Å². The van der Waals surface area contributed by atoms with Gasteiger partial charge in [0.2, 0.25) is 12.6 Å². The number of aryl methyl sites for hydroxylation is 1. The van der Waals surface area contributed by atoms with Crippen LogP contribution in [-0.2, 0) is 4.74 Å². The Morgan fingerprint density at radius 1 is 1.03 bits per heavy atom. The number of carbonyl (C=O) groups is 2. The summed E-state index contributed by atoms with van der Waals surface area (Å²) in [6, 6.07) is 13.0. The highest BCUT2D eigenvalue weighted by atomic mass is 16.7. The van der Waals surface area contributed by atoms with E-state index >= 15 is 0 Å². The molecule has 4 rings (SSSR count). The molecule has 0 radical (unpaired) electrons. The van der Waals surface area contributed by atoms with Crippen LogP contribution in [0.15, 0.2) is 48.5 Å². The molecule has 29 heavy (non-hydrogen) atoms. The minimum Gasteiger partial charge on any atom is -0.508 e. The molecular weight excluding hydrogens is 374 g/mol. The molecule has 0 saturated heterocycles. The maximum absolute atomic E-state index is 12.7. The Balaban J connectivity index is 1.52. The van der Waals surface area contributed by atoms with Gasteiger partial charge in [0, 0.05) is 28.7 Å². The first-order valence-electron chi connectivity index (χ1n) is 9.02. The molecular formula is C22H19NO6. The van der Waals surface area contributed by atoms with Crippen LogP contribution >= 0.6 is 0 Å². The highest BCUT2D eigenvalue weighted by Crippen LogP contribution is 2.35. The van der Waals surface area contributed by atoms with Gasteiger partial charge in [-0.15, -0.1) is 0 Å². The monoisotopic (exact) mass is 393 g/mol. The number of fused-ring (bicyclic) bond motifs is 1. The van der Waals surface area contributed by atoms with Crippen molar-refractivity contribution in [1.82, 2.24) is 4.57 Å². The number of benzene rings is 2. The van der Waals surface area contributed by atoms with Crippen molar-refractivity contribution < 1.29 is 28.9 Å².